The number of esters is 2. The van der Waals surface area contributed by atoms with Gasteiger partial charge in [-0.1, -0.05) is 35.6 Å². The Balaban J connectivity index is 1.85. The quantitative estimate of drug-likeness (QED) is 0.388. The number of fused-ring (bicyclic) bond motifs is 1. The van der Waals surface area contributed by atoms with Crippen molar-refractivity contribution in [2.75, 3.05) is 13.7 Å². The lowest BCUT2D eigenvalue weighted by Gasteiger charge is -2.24. The Labute approximate surface area is 205 Å². The first-order chi connectivity index (χ1) is 16.8. The van der Waals surface area contributed by atoms with Gasteiger partial charge in [-0.2, -0.15) is 0 Å². The summed E-state index contributed by atoms with van der Waals surface area (Å²) in [6.45, 7) is 5.02. The molecule has 0 radical (unpaired) electrons. The monoisotopic (exact) mass is 492 g/mol. The first-order valence-electron chi connectivity index (χ1n) is 10.9. The maximum absolute atomic E-state index is 13.6. The third-order valence-corrected chi connectivity index (χ3v) is 6.37. The van der Waals surface area contributed by atoms with Crippen molar-refractivity contribution < 1.29 is 23.8 Å². The molecule has 2 aromatic carbocycles. The molecule has 0 aliphatic carbocycles. The zero-order valence-electron chi connectivity index (χ0n) is 19.7. The third-order valence-electron chi connectivity index (χ3n) is 5.39. The number of hydrogen-bond donors (Lipinski definition) is 0. The van der Waals surface area contributed by atoms with E-state index in [1.165, 1.54) is 22.8 Å². The molecule has 0 saturated heterocycles. The summed E-state index contributed by atoms with van der Waals surface area (Å²) in [5.74, 6) is 0.171. The van der Waals surface area contributed by atoms with Gasteiger partial charge in [0.25, 0.3) is 5.56 Å². The first kappa shape index (κ1) is 24.2. The Morgan fingerprint density at radius 3 is 2.34 bits per heavy atom. The molecule has 1 aromatic heterocycles. The molecule has 1 atom stereocenters. The summed E-state index contributed by atoms with van der Waals surface area (Å²) in [7, 11) is 1.57. The lowest BCUT2D eigenvalue weighted by Crippen LogP contribution is -2.39. The Morgan fingerprint density at radius 2 is 1.74 bits per heavy atom. The molecule has 0 bridgehead atoms. The van der Waals surface area contributed by atoms with Gasteiger partial charge >= 0.3 is 11.9 Å². The molecule has 9 heteroatoms. The Hall–Kier alpha value is -3.98. The number of aromatic nitrogens is 1. The maximum atomic E-state index is 13.6. The lowest BCUT2D eigenvalue weighted by molar-refractivity contribution is -0.139. The van der Waals surface area contributed by atoms with Crippen LogP contribution in [-0.4, -0.2) is 30.2 Å². The van der Waals surface area contributed by atoms with E-state index in [2.05, 4.69) is 4.99 Å². The van der Waals surface area contributed by atoms with Crippen molar-refractivity contribution in [1.82, 2.24) is 4.57 Å². The minimum Gasteiger partial charge on any atom is -0.497 e. The van der Waals surface area contributed by atoms with Crippen molar-refractivity contribution in [1.29, 1.82) is 0 Å². The number of ether oxygens (including phenoxy) is 3. The fraction of sp³-hybridized carbons (Fsp3) is 0.231. The van der Waals surface area contributed by atoms with Crippen LogP contribution in [0.1, 0.15) is 37.9 Å². The minimum atomic E-state index is -0.690. The summed E-state index contributed by atoms with van der Waals surface area (Å²) in [5.41, 5.74) is 2.05. The summed E-state index contributed by atoms with van der Waals surface area (Å²) in [5, 5.41) is 0. The highest BCUT2D eigenvalue weighted by molar-refractivity contribution is 7.07. The lowest BCUT2D eigenvalue weighted by atomic mass is 9.96. The second-order valence-electron chi connectivity index (χ2n) is 7.74. The summed E-state index contributed by atoms with van der Waals surface area (Å²) < 4.78 is 17.6. The van der Waals surface area contributed by atoms with Crippen LogP contribution in [0.25, 0.3) is 6.08 Å². The van der Waals surface area contributed by atoms with Crippen molar-refractivity contribution in [3.63, 3.8) is 0 Å². The highest BCUT2D eigenvalue weighted by Gasteiger charge is 2.33. The van der Waals surface area contributed by atoms with Gasteiger partial charge in [-0.05, 0) is 55.3 Å². The molecule has 2 heterocycles. The summed E-state index contributed by atoms with van der Waals surface area (Å²) in [6.07, 6.45) is 1.75. The normalized spacial score (nSPS) is 15.3. The number of thiazole rings is 1. The predicted octanol–water partition coefficient (Wildman–Crippen LogP) is 2.73. The molecule has 8 nitrogen and oxygen atoms in total. The molecule has 1 aliphatic rings. The SMILES string of the molecule is CCOC(=O)C1=C(C)N=c2s/c(=C/c3ccc(OC(C)=O)cc3)c(=O)n2[C@@H]1c1ccc(OC)cc1. The van der Waals surface area contributed by atoms with E-state index in [0.717, 1.165) is 11.1 Å². The van der Waals surface area contributed by atoms with Gasteiger partial charge in [0.05, 0.1) is 35.6 Å². The van der Waals surface area contributed by atoms with E-state index in [0.29, 0.717) is 32.1 Å². The van der Waals surface area contributed by atoms with Crippen molar-refractivity contribution in [3.8, 4) is 11.5 Å². The van der Waals surface area contributed by atoms with Crippen molar-refractivity contribution in [2.24, 2.45) is 4.99 Å². The van der Waals surface area contributed by atoms with Gasteiger partial charge in [0.15, 0.2) is 4.80 Å². The molecular weight excluding hydrogens is 468 g/mol. The van der Waals surface area contributed by atoms with Crippen LogP contribution in [-0.2, 0) is 14.3 Å². The minimum absolute atomic E-state index is 0.207. The van der Waals surface area contributed by atoms with Crippen LogP contribution in [0.4, 0.5) is 0 Å². The topological polar surface area (TPSA) is 96.2 Å². The fourth-order valence-corrected chi connectivity index (χ4v) is 4.89. The number of hydrogen-bond acceptors (Lipinski definition) is 8. The van der Waals surface area contributed by atoms with Gasteiger partial charge < -0.3 is 14.2 Å². The van der Waals surface area contributed by atoms with Crippen LogP contribution in [0.2, 0.25) is 0 Å². The average Bonchev–Trinajstić information content (AvgIpc) is 3.13. The average molecular weight is 493 g/mol. The Bertz CT molecular complexity index is 1480. The smallest absolute Gasteiger partial charge is 0.338 e. The second kappa shape index (κ2) is 10.1. The molecule has 0 unspecified atom stereocenters. The molecule has 180 valence electrons. The molecule has 1 aliphatic heterocycles. The van der Waals surface area contributed by atoms with E-state index >= 15 is 0 Å². The number of rotatable bonds is 6. The van der Waals surface area contributed by atoms with Gasteiger partial charge in [-0.3, -0.25) is 14.2 Å². The largest absolute Gasteiger partial charge is 0.497 e. The van der Waals surface area contributed by atoms with Crippen molar-refractivity contribution in [2.45, 2.75) is 26.8 Å². The third kappa shape index (κ3) is 4.95. The Kier molecular flexibility index (Phi) is 6.97. The van der Waals surface area contributed by atoms with Gasteiger partial charge in [-0.15, -0.1) is 0 Å². The molecular formula is C26H24N2O6S. The van der Waals surface area contributed by atoms with Crippen LogP contribution in [0.3, 0.4) is 0 Å². The number of carbonyl (C=O) groups excluding carboxylic acids is 2. The van der Waals surface area contributed by atoms with E-state index < -0.39 is 18.0 Å². The summed E-state index contributed by atoms with van der Waals surface area (Å²) in [4.78, 5) is 42.7. The maximum Gasteiger partial charge on any atom is 0.338 e. The highest BCUT2D eigenvalue weighted by Crippen LogP contribution is 2.31. The van der Waals surface area contributed by atoms with Gasteiger partial charge in [0.1, 0.15) is 11.5 Å². The summed E-state index contributed by atoms with van der Waals surface area (Å²) in [6, 6.07) is 13.4. The van der Waals surface area contributed by atoms with Gasteiger partial charge in [0, 0.05) is 6.92 Å². The van der Waals surface area contributed by atoms with Crippen LogP contribution >= 0.6 is 11.3 Å². The van der Waals surface area contributed by atoms with Gasteiger partial charge in [-0.25, -0.2) is 9.79 Å². The molecule has 4 rings (SSSR count). The predicted molar refractivity (Wildman–Crippen MR) is 131 cm³/mol. The van der Waals surface area contributed by atoms with Crippen molar-refractivity contribution in [3.05, 3.63) is 90.6 Å². The van der Waals surface area contributed by atoms with E-state index in [1.807, 2.05) is 12.1 Å². The second-order valence-corrected chi connectivity index (χ2v) is 8.75. The standard InChI is InChI=1S/C26H24N2O6S/c1-5-33-25(31)22-15(2)27-26-28(23(22)18-8-12-19(32-4)13-9-18)24(30)21(35-26)14-17-6-10-20(11-7-17)34-16(3)29/h6-14,23H,5H2,1-4H3/b21-14+/t23-/m1/s1. The molecule has 3 aromatic rings. The van der Waals surface area contributed by atoms with E-state index in [-0.39, 0.29) is 12.2 Å². The van der Waals surface area contributed by atoms with Crippen LogP contribution in [0.5, 0.6) is 11.5 Å². The Morgan fingerprint density at radius 1 is 1.09 bits per heavy atom. The zero-order chi connectivity index (χ0) is 25.1. The number of carbonyl (C=O) groups is 2. The van der Waals surface area contributed by atoms with E-state index in [4.69, 9.17) is 14.2 Å². The number of benzene rings is 2. The molecule has 0 saturated carbocycles. The molecule has 35 heavy (non-hydrogen) atoms. The first-order valence-corrected chi connectivity index (χ1v) is 11.8. The molecule has 0 fully saturated rings. The number of allylic oxidation sites excluding steroid dienone is 1. The molecule has 0 spiro atoms. The summed E-state index contributed by atoms with van der Waals surface area (Å²) >= 11 is 1.24. The highest BCUT2D eigenvalue weighted by atomic mass is 32.1. The molecule has 0 N–H and O–H groups in total. The van der Waals surface area contributed by atoms with E-state index in [9.17, 15) is 14.4 Å². The zero-order valence-corrected chi connectivity index (χ0v) is 20.5. The number of methoxy groups -OCH3 is 1. The van der Waals surface area contributed by atoms with Crippen molar-refractivity contribution >= 4 is 29.4 Å². The van der Waals surface area contributed by atoms with Crippen LogP contribution in [0.15, 0.2) is 69.6 Å². The fourth-order valence-electron chi connectivity index (χ4n) is 3.84. The van der Waals surface area contributed by atoms with Crippen LogP contribution < -0.4 is 24.4 Å². The number of nitrogens with zero attached hydrogens (tertiary/aromatic N) is 2. The van der Waals surface area contributed by atoms with E-state index in [1.54, 1.807) is 63.4 Å². The molecule has 0 amide bonds. The van der Waals surface area contributed by atoms with Gasteiger partial charge in [0.2, 0.25) is 0 Å². The van der Waals surface area contributed by atoms with Crippen LogP contribution in [0, 0.1) is 0 Å².